The molecule has 2 rings (SSSR count). The van der Waals surface area contributed by atoms with Crippen LogP contribution in [0.5, 0.6) is 0 Å². The maximum absolute atomic E-state index is 10.7. The summed E-state index contributed by atoms with van der Waals surface area (Å²) in [6.45, 7) is 0. The molecule has 0 atom stereocenters. The van der Waals surface area contributed by atoms with Gasteiger partial charge < -0.3 is 11.1 Å². The predicted molar refractivity (Wildman–Crippen MR) is 76.6 cm³/mol. The number of fused-ring (bicyclic) bond motifs is 1. The maximum atomic E-state index is 10.7. The number of nitrogens with two attached hydrogens (primary N) is 1. The van der Waals surface area contributed by atoms with Gasteiger partial charge in [-0.15, -0.1) is 11.8 Å². The van der Waals surface area contributed by atoms with E-state index >= 15 is 0 Å². The molecule has 0 aliphatic rings. The van der Waals surface area contributed by atoms with Crippen LogP contribution in [0.25, 0.3) is 10.9 Å². The molecular formula is C13H15N3OS. The Hall–Kier alpha value is -1.75. The van der Waals surface area contributed by atoms with Gasteiger partial charge in [-0.1, -0.05) is 18.2 Å². The molecule has 0 aliphatic heterocycles. The van der Waals surface area contributed by atoms with E-state index in [1.165, 1.54) is 11.8 Å². The van der Waals surface area contributed by atoms with Gasteiger partial charge in [-0.2, -0.15) is 0 Å². The number of hydrogen-bond acceptors (Lipinski definition) is 4. The molecule has 1 aromatic carbocycles. The van der Waals surface area contributed by atoms with Gasteiger partial charge in [-0.05, 0) is 12.1 Å². The molecule has 0 bridgehead atoms. The summed E-state index contributed by atoms with van der Waals surface area (Å²) in [4.78, 5) is 15.3. The Balaban J connectivity index is 2.27. The molecule has 0 fully saturated rings. The number of thioether (sulfide) groups is 1. The van der Waals surface area contributed by atoms with Crippen LogP contribution in [-0.4, -0.2) is 23.7 Å². The largest absolute Gasteiger partial charge is 0.373 e. The van der Waals surface area contributed by atoms with Crippen LogP contribution in [0.2, 0.25) is 0 Å². The van der Waals surface area contributed by atoms with Crippen molar-refractivity contribution in [1.29, 1.82) is 0 Å². The fraction of sp³-hybridized carbons (Fsp3) is 0.231. The Morgan fingerprint density at radius 1 is 1.44 bits per heavy atom. The molecular weight excluding hydrogens is 246 g/mol. The van der Waals surface area contributed by atoms with Gasteiger partial charge in [0.15, 0.2) is 0 Å². The van der Waals surface area contributed by atoms with E-state index in [1.807, 2.05) is 31.3 Å². The number of rotatable bonds is 5. The lowest BCUT2D eigenvalue weighted by Gasteiger charge is -2.09. The van der Waals surface area contributed by atoms with Crippen LogP contribution in [0.4, 0.5) is 5.82 Å². The number of primary amides is 1. The topological polar surface area (TPSA) is 68.0 Å². The Labute approximate surface area is 110 Å². The zero-order valence-electron chi connectivity index (χ0n) is 10.1. The quantitative estimate of drug-likeness (QED) is 0.863. The average Bonchev–Trinajstić information content (AvgIpc) is 2.37. The van der Waals surface area contributed by atoms with Crippen LogP contribution >= 0.6 is 11.8 Å². The minimum atomic E-state index is -0.292. The van der Waals surface area contributed by atoms with E-state index in [4.69, 9.17) is 5.73 Å². The molecule has 1 aromatic heterocycles. The molecule has 0 spiro atoms. The summed E-state index contributed by atoms with van der Waals surface area (Å²) in [7, 11) is 1.85. The van der Waals surface area contributed by atoms with Crippen molar-refractivity contribution in [3.05, 3.63) is 35.9 Å². The van der Waals surface area contributed by atoms with Gasteiger partial charge in [0, 0.05) is 23.8 Å². The first-order valence-corrected chi connectivity index (χ1v) is 6.78. The van der Waals surface area contributed by atoms with Crippen LogP contribution in [-0.2, 0) is 10.5 Å². The van der Waals surface area contributed by atoms with E-state index in [0.717, 1.165) is 28.0 Å². The van der Waals surface area contributed by atoms with E-state index in [9.17, 15) is 4.79 Å². The molecule has 4 nitrogen and oxygen atoms in total. The number of pyridine rings is 1. The minimum Gasteiger partial charge on any atom is -0.373 e. The highest BCUT2D eigenvalue weighted by atomic mass is 32.2. The summed E-state index contributed by atoms with van der Waals surface area (Å²) in [5.41, 5.74) is 7.18. The van der Waals surface area contributed by atoms with Crippen molar-refractivity contribution in [2.24, 2.45) is 5.73 Å². The van der Waals surface area contributed by atoms with E-state index in [1.54, 1.807) is 0 Å². The van der Waals surface area contributed by atoms with Crippen LogP contribution in [0.3, 0.4) is 0 Å². The fourth-order valence-electron chi connectivity index (χ4n) is 1.75. The molecule has 94 valence electrons. The lowest BCUT2D eigenvalue weighted by Crippen LogP contribution is -2.13. The van der Waals surface area contributed by atoms with E-state index in [2.05, 4.69) is 16.4 Å². The highest BCUT2D eigenvalue weighted by Gasteiger charge is 2.06. The van der Waals surface area contributed by atoms with Gasteiger partial charge in [0.05, 0.1) is 11.3 Å². The molecule has 0 saturated carbocycles. The number of carbonyl (C=O) groups is 1. The van der Waals surface area contributed by atoms with Gasteiger partial charge in [0.25, 0.3) is 0 Å². The molecule has 0 radical (unpaired) electrons. The van der Waals surface area contributed by atoms with E-state index < -0.39 is 0 Å². The molecule has 18 heavy (non-hydrogen) atoms. The molecule has 1 amide bonds. The second kappa shape index (κ2) is 5.73. The zero-order valence-corrected chi connectivity index (χ0v) is 11.0. The molecule has 0 aliphatic carbocycles. The predicted octanol–water partition coefficient (Wildman–Crippen LogP) is 1.99. The van der Waals surface area contributed by atoms with Crippen molar-refractivity contribution in [3.8, 4) is 0 Å². The van der Waals surface area contributed by atoms with E-state index in [0.29, 0.717) is 5.75 Å². The smallest absolute Gasteiger partial charge is 0.227 e. The molecule has 3 N–H and O–H groups in total. The van der Waals surface area contributed by atoms with Crippen molar-refractivity contribution in [2.75, 3.05) is 18.1 Å². The first-order chi connectivity index (χ1) is 8.70. The van der Waals surface area contributed by atoms with Gasteiger partial charge in [0.2, 0.25) is 5.91 Å². The summed E-state index contributed by atoms with van der Waals surface area (Å²) < 4.78 is 0. The zero-order chi connectivity index (χ0) is 13.0. The summed E-state index contributed by atoms with van der Waals surface area (Å²) in [6, 6.07) is 10.1. The SMILES string of the molecule is CNc1nc2ccccc2cc1CSCC(N)=O. The Kier molecular flexibility index (Phi) is 4.04. The fourth-order valence-corrected chi connectivity index (χ4v) is 2.49. The lowest BCUT2D eigenvalue weighted by atomic mass is 10.1. The first-order valence-electron chi connectivity index (χ1n) is 5.63. The molecule has 5 heteroatoms. The normalized spacial score (nSPS) is 10.5. The standard InChI is InChI=1S/C13H15N3OS/c1-15-13-10(7-18-8-12(14)17)6-9-4-2-3-5-11(9)16-13/h2-6H,7-8H2,1H3,(H2,14,17)(H,15,16). The third-order valence-corrected chi connectivity index (χ3v) is 3.55. The summed E-state index contributed by atoms with van der Waals surface area (Å²) in [5.74, 6) is 1.61. The van der Waals surface area contributed by atoms with Crippen molar-refractivity contribution < 1.29 is 4.79 Å². The number of hydrogen-bond donors (Lipinski definition) is 2. The number of nitrogens with zero attached hydrogens (tertiary/aromatic N) is 1. The number of para-hydroxylation sites is 1. The number of aromatic nitrogens is 1. The van der Waals surface area contributed by atoms with Gasteiger partial charge in [0.1, 0.15) is 5.82 Å². The van der Waals surface area contributed by atoms with Crippen LogP contribution < -0.4 is 11.1 Å². The first kappa shape index (κ1) is 12.7. The monoisotopic (exact) mass is 261 g/mol. The number of carbonyl (C=O) groups excluding carboxylic acids is 1. The Morgan fingerprint density at radius 3 is 2.94 bits per heavy atom. The molecule has 1 heterocycles. The van der Waals surface area contributed by atoms with Crippen LogP contribution in [0, 0.1) is 0 Å². The van der Waals surface area contributed by atoms with Crippen molar-refractivity contribution in [1.82, 2.24) is 4.98 Å². The average molecular weight is 261 g/mol. The Morgan fingerprint density at radius 2 is 2.22 bits per heavy atom. The van der Waals surface area contributed by atoms with Crippen LogP contribution in [0.1, 0.15) is 5.56 Å². The van der Waals surface area contributed by atoms with Crippen molar-refractivity contribution in [2.45, 2.75) is 5.75 Å². The molecule has 2 aromatic rings. The highest BCUT2D eigenvalue weighted by molar-refractivity contribution is 7.99. The molecule has 0 unspecified atom stereocenters. The summed E-state index contributed by atoms with van der Waals surface area (Å²) in [5, 5.41) is 4.19. The second-order valence-corrected chi connectivity index (χ2v) is 4.88. The van der Waals surface area contributed by atoms with E-state index in [-0.39, 0.29) is 5.91 Å². The third-order valence-electron chi connectivity index (χ3n) is 2.54. The lowest BCUT2D eigenvalue weighted by molar-refractivity contribution is -0.115. The van der Waals surface area contributed by atoms with Gasteiger partial charge in [-0.3, -0.25) is 4.79 Å². The summed E-state index contributed by atoms with van der Waals surface area (Å²) >= 11 is 1.50. The summed E-state index contributed by atoms with van der Waals surface area (Å²) in [6.07, 6.45) is 0. The van der Waals surface area contributed by atoms with Gasteiger partial charge >= 0.3 is 0 Å². The third kappa shape index (κ3) is 2.92. The van der Waals surface area contributed by atoms with Crippen molar-refractivity contribution >= 4 is 34.4 Å². The maximum Gasteiger partial charge on any atom is 0.227 e. The van der Waals surface area contributed by atoms with Crippen molar-refractivity contribution in [3.63, 3.8) is 0 Å². The Bertz CT molecular complexity index is 571. The number of amides is 1. The van der Waals surface area contributed by atoms with Crippen LogP contribution in [0.15, 0.2) is 30.3 Å². The number of anilines is 1. The second-order valence-electron chi connectivity index (χ2n) is 3.90. The molecule has 0 saturated heterocycles. The van der Waals surface area contributed by atoms with Gasteiger partial charge in [-0.25, -0.2) is 4.98 Å². The number of benzene rings is 1. The highest BCUT2D eigenvalue weighted by Crippen LogP contribution is 2.23. The minimum absolute atomic E-state index is 0.292. The number of nitrogens with one attached hydrogen (secondary N) is 1.